The van der Waals surface area contributed by atoms with Crippen LogP contribution in [0.4, 0.5) is 4.79 Å². The number of benzene rings is 2. The lowest BCUT2D eigenvalue weighted by atomic mass is 10.1. The smallest absolute Gasteiger partial charge is 0.335 e. The van der Waals surface area contributed by atoms with E-state index in [4.69, 9.17) is 19.7 Å². The van der Waals surface area contributed by atoms with Crippen molar-refractivity contribution in [2.75, 3.05) is 13.7 Å². The van der Waals surface area contributed by atoms with Crippen LogP contribution in [0.25, 0.3) is 6.08 Å². The van der Waals surface area contributed by atoms with Crippen LogP contribution in [-0.2, 0) is 16.2 Å². The Morgan fingerprint density at radius 1 is 1.16 bits per heavy atom. The van der Waals surface area contributed by atoms with E-state index >= 15 is 0 Å². The first kappa shape index (κ1) is 23.1. The molecule has 0 atom stereocenters. The van der Waals surface area contributed by atoms with Gasteiger partial charge in [-0.15, -0.1) is 0 Å². The van der Waals surface area contributed by atoms with Crippen molar-refractivity contribution in [3.8, 4) is 11.5 Å². The minimum Gasteiger partial charge on any atom is -0.493 e. The lowest BCUT2D eigenvalue weighted by Gasteiger charge is -2.14. The maximum atomic E-state index is 12.3. The molecule has 2 aromatic rings. The molecule has 0 saturated carbocycles. The summed E-state index contributed by atoms with van der Waals surface area (Å²) in [7, 11) is 1.45. The number of ether oxygens (including phenoxy) is 2. The van der Waals surface area contributed by atoms with Crippen LogP contribution in [0, 0.1) is 3.57 Å². The molecule has 166 valence electrons. The van der Waals surface area contributed by atoms with Gasteiger partial charge in [-0.05, 0) is 64.1 Å². The van der Waals surface area contributed by atoms with Crippen LogP contribution in [0.15, 0.2) is 42.1 Å². The molecule has 0 aliphatic carbocycles. The number of methoxy groups -OCH3 is 1. The Kier molecular flexibility index (Phi) is 6.98. The van der Waals surface area contributed by atoms with Crippen molar-refractivity contribution < 1.29 is 38.9 Å². The highest BCUT2D eigenvalue weighted by Crippen LogP contribution is 2.35. The molecule has 0 bridgehead atoms. The third kappa shape index (κ3) is 5.17. The van der Waals surface area contributed by atoms with Crippen LogP contribution in [0.1, 0.15) is 21.5 Å². The van der Waals surface area contributed by atoms with E-state index in [1.807, 2.05) is 22.6 Å². The Bertz CT molecular complexity index is 1130. The average molecular weight is 552 g/mol. The fourth-order valence-electron chi connectivity index (χ4n) is 2.88. The SMILES string of the molecule is COc1cc(/C=C2/NC(=O)N(CC(=O)O)C2=O)cc(I)c1OCc1ccc(C(=O)O)cc1. The van der Waals surface area contributed by atoms with Crippen molar-refractivity contribution in [3.63, 3.8) is 0 Å². The van der Waals surface area contributed by atoms with Crippen LogP contribution in [0.2, 0.25) is 0 Å². The Hall–Kier alpha value is -3.61. The Morgan fingerprint density at radius 3 is 2.44 bits per heavy atom. The van der Waals surface area contributed by atoms with Crippen molar-refractivity contribution in [2.45, 2.75) is 6.61 Å². The molecule has 0 unspecified atom stereocenters. The van der Waals surface area contributed by atoms with Crippen molar-refractivity contribution in [3.05, 3.63) is 62.4 Å². The van der Waals surface area contributed by atoms with Gasteiger partial charge >= 0.3 is 18.0 Å². The molecule has 32 heavy (non-hydrogen) atoms. The average Bonchev–Trinajstić information content (AvgIpc) is 2.99. The predicted molar refractivity (Wildman–Crippen MR) is 119 cm³/mol. The van der Waals surface area contributed by atoms with Gasteiger partial charge in [0, 0.05) is 0 Å². The second-order valence-corrected chi connectivity index (χ2v) is 7.76. The van der Waals surface area contributed by atoms with Gasteiger partial charge in [0.25, 0.3) is 5.91 Å². The number of carboxylic acids is 2. The number of hydrogen-bond donors (Lipinski definition) is 3. The summed E-state index contributed by atoms with van der Waals surface area (Å²) in [5.41, 5.74) is 1.41. The van der Waals surface area contributed by atoms with E-state index in [9.17, 15) is 19.2 Å². The molecule has 2 aromatic carbocycles. The Morgan fingerprint density at radius 2 is 1.84 bits per heavy atom. The van der Waals surface area contributed by atoms with E-state index in [1.165, 1.54) is 25.3 Å². The third-order valence-corrected chi connectivity index (χ3v) is 5.20. The van der Waals surface area contributed by atoms with E-state index in [2.05, 4.69) is 5.32 Å². The number of urea groups is 1. The molecule has 1 heterocycles. The molecule has 0 spiro atoms. The van der Waals surface area contributed by atoms with Gasteiger partial charge in [0.05, 0.1) is 16.2 Å². The summed E-state index contributed by atoms with van der Waals surface area (Å²) in [4.78, 5) is 46.5. The zero-order valence-electron chi connectivity index (χ0n) is 16.6. The standard InChI is InChI=1S/C21H17IN2O8/c1-31-16-8-12(7-15-19(27)24(9-17(25)26)21(30)23-15)6-14(22)18(16)32-10-11-2-4-13(5-3-11)20(28)29/h2-8H,9-10H2,1H3,(H,23,30)(H,25,26)(H,28,29)/b15-7+. The van der Waals surface area contributed by atoms with E-state index < -0.39 is 30.4 Å². The van der Waals surface area contributed by atoms with Crippen molar-refractivity contribution in [1.29, 1.82) is 0 Å². The maximum absolute atomic E-state index is 12.3. The number of nitrogens with zero attached hydrogens (tertiary/aromatic N) is 1. The number of nitrogens with one attached hydrogen (secondary N) is 1. The normalized spacial score (nSPS) is 14.4. The van der Waals surface area contributed by atoms with Gasteiger partial charge in [-0.1, -0.05) is 12.1 Å². The molecule has 11 heteroatoms. The summed E-state index contributed by atoms with van der Waals surface area (Å²) in [6.07, 6.45) is 1.42. The van der Waals surface area contributed by atoms with Gasteiger partial charge in [0.15, 0.2) is 11.5 Å². The molecular weight excluding hydrogens is 535 g/mol. The van der Waals surface area contributed by atoms with Crippen molar-refractivity contribution in [1.82, 2.24) is 10.2 Å². The molecule has 1 fully saturated rings. The molecule has 0 radical (unpaired) electrons. The topological polar surface area (TPSA) is 142 Å². The molecule has 3 amide bonds. The van der Waals surface area contributed by atoms with E-state index in [0.29, 0.717) is 25.5 Å². The van der Waals surface area contributed by atoms with E-state index in [0.717, 1.165) is 5.56 Å². The number of aliphatic carboxylic acids is 1. The van der Waals surface area contributed by atoms with Gasteiger partial charge in [-0.3, -0.25) is 9.59 Å². The first-order valence-electron chi connectivity index (χ1n) is 9.08. The molecule has 3 N–H and O–H groups in total. The molecule has 10 nitrogen and oxygen atoms in total. The second-order valence-electron chi connectivity index (χ2n) is 6.60. The highest BCUT2D eigenvalue weighted by molar-refractivity contribution is 14.1. The summed E-state index contributed by atoms with van der Waals surface area (Å²) < 4.78 is 11.9. The minimum absolute atomic E-state index is 0.0544. The number of carboxylic acid groups (broad SMARTS) is 2. The molecule has 3 rings (SSSR count). The Balaban J connectivity index is 1.80. The summed E-state index contributed by atoms with van der Waals surface area (Å²) in [5, 5.41) is 20.2. The summed E-state index contributed by atoms with van der Waals surface area (Å²) in [6.45, 7) is -0.561. The summed E-state index contributed by atoms with van der Waals surface area (Å²) in [6, 6.07) is 8.78. The maximum Gasteiger partial charge on any atom is 0.335 e. The lowest BCUT2D eigenvalue weighted by molar-refractivity contribution is -0.140. The molecule has 0 aromatic heterocycles. The minimum atomic E-state index is -1.30. The first-order valence-corrected chi connectivity index (χ1v) is 10.2. The third-order valence-electron chi connectivity index (χ3n) is 4.40. The molecule has 1 aliphatic heterocycles. The number of rotatable bonds is 8. The highest BCUT2D eigenvalue weighted by atomic mass is 127. The zero-order valence-corrected chi connectivity index (χ0v) is 18.8. The quantitative estimate of drug-likeness (QED) is 0.258. The monoisotopic (exact) mass is 552 g/mol. The fourth-order valence-corrected chi connectivity index (χ4v) is 3.66. The van der Waals surface area contributed by atoms with Gasteiger partial charge in [0.2, 0.25) is 0 Å². The number of hydrogen-bond acceptors (Lipinski definition) is 6. The van der Waals surface area contributed by atoms with Crippen LogP contribution < -0.4 is 14.8 Å². The second kappa shape index (κ2) is 9.68. The fraction of sp³-hybridized carbons (Fsp3) is 0.143. The van der Waals surface area contributed by atoms with E-state index in [1.54, 1.807) is 24.3 Å². The van der Waals surface area contributed by atoms with Crippen LogP contribution in [-0.4, -0.2) is 52.6 Å². The van der Waals surface area contributed by atoms with Gasteiger partial charge in [-0.2, -0.15) is 0 Å². The predicted octanol–water partition coefficient (Wildman–Crippen LogP) is 2.55. The first-order chi connectivity index (χ1) is 15.2. The zero-order chi connectivity index (χ0) is 23.4. The van der Waals surface area contributed by atoms with Gasteiger partial charge < -0.3 is 25.0 Å². The number of carbonyl (C=O) groups is 4. The lowest BCUT2D eigenvalue weighted by Crippen LogP contribution is -2.35. The molecule has 1 aliphatic rings. The van der Waals surface area contributed by atoms with Crippen LogP contribution >= 0.6 is 22.6 Å². The van der Waals surface area contributed by atoms with Crippen molar-refractivity contribution in [2.24, 2.45) is 0 Å². The largest absolute Gasteiger partial charge is 0.493 e. The number of imide groups is 1. The van der Waals surface area contributed by atoms with Crippen LogP contribution in [0.3, 0.4) is 0 Å². The molecule has 1 saturated heterocycles. The number of aromatic carboxylic acids is 1. The molecular formula is C21H17IN2O8. The number of carbonyl (C=O) groups excluding carboxylic acids is 2. The Labute approximate surface area is 195 Å². The van der Waals surface area contributed by atoms with Crippen LogP contribution in [0.5, 0.6) is 11.5 Å². The highest BCUT2D eigenvalue weighted by Gasteiger charge is 2.34. The number of amides is 3. The van der Waals surface area contributed by atoms with Crippen molar-refractivity contribution >= 4 is 52.5 Å². The van der Waals surface area contributed by atoms with E-state index in [-0.39, 0.29) is 17.9 Å². The summed E-state index contributed by atoms with van der Waals surface area (Å²) >= 11 is 2.04. The van der Waals surface area contributed by atoms with Gasteiger partial charge in [-0.25, -0.2) is 14.5 Å². The summed E-state index contributed by atoms with van der Waals surface area (Å²) in [5.74, 6) is -2.22. The number of halogens is 1. The van der Waals surface area contributed by atoms with Gasteiger partial charge in [0.1, 0.15) is 18.8 Å².